The minimum Gasteiger partial charge on any atom is -0.389 e. The molecule has 1 amide bonds. The number of aliphatic hydroxyl groups is 1. The van der Waals surface area contributed by atoms with Crippen molar-refractivity contribution in [2.45, 2.75) is 57.6 Å². The highest BCUT2D eigenvalue weighted by Gasteiger charge is 2.44. The lowest BCUT2D eigenvalue weighted by atomic mass is 9.71. The van der Waals surface area contributed by atoms with Crippen molar-refractivity contribution >= 4 is 5.91 Å². The summed E-state index contributed by atoms with van der Waals surface area (Å²) in [5.41, 5.74) is 5.42. The van der Waals surface area contributed by atoms with Crippen LogP contribution in [0.5, 0.6) is 0 Å². The summed E-state index contributed by atoms with van der Waals surface area (Å²) in [7, 11) is 0. The molecule has 3 unspecified atom stereocenters. The second-order valence-corrected chi connectivity index (χ2v) is 6.35. The van der Waals surface area contributed by atoms with Crippen molar-refractivity contribution in [3.63, 3.8) is 0 Å². The fourth-order valence-corrected chi connectivity index (χ4v) is 3.27. The van der Waals surface area contributed by atoms with Crippen molar-refractivity contribution in [1.29, 1.82) is 0 Å². The zero-order valence-corrected chi connectivity index (χ0v) is 11.6. The van der Waals surface area contributed by atoms with Crippen molar-refractivity contribution in [1.82, 2.24) is 4.90 Å². The highest BCUT2D eigenvalue weighted by atomic mass is 16.3. The number of nitrogens with zero attached hydrogens (tertiary/aromatic N) is 1. The van der Waals surface area contributed by atoms with Crippen LogP contribution in [0.1, 0.15) is 46.0 Å². The molecule has 0 spiro atoms. The smallest absolute Gasteiger partial charge is 0.239 e. The molecule has 0 radical (unpaired) electrons. The van der Waals surface area contributed by atoms with Crippen LogP contribution >= 0.6 is 0 Å². The standard InChI is InChI=1S/C14H26N2O2/c1-10(2)12(15)13(17)16-8-7-14(18)6-4-3-5-11(14)9-16/h10-12,18H,3-9,15H2,1-2H3. The summed E-state index contributed by atoms with van der Waals surface area (Å²) in [6.45, 7) is 5.30. The lowest BCUT2D eigenvalue weighted by Crippen LogP contribution is -2.57. The van der Waals surface area contributed by atoms with Gasteiger partial charge in [-0.25, -0.2) is 0 Å². The molecule has 2 rings (SSSR count). The van der Waals surface area contributed by atoms with Crippen molar-refractivity contribution < 1.29 is 9.90 Å². The van der Waals surface area contributed by atoms with Gasteiger partial charge in [-0.05, 0) is 25.2 Å². The molecule has 0 aromatic rings. The molecule has 1 aliphatic heterocycles. The van der Waals surface area contributed by atoms with E-state index in [0.29, 0.717) is 19.5 Å². The van der Waals surface area contributed by atoms with Crippen LogP contribution in [0.4, 0.5) is 0 Å². The van der Waals surface area contributed by atoms with E-state index >= 15 is 0 Å². The molecule has 1 saturated carbocycles. The zero-order valence-electron chi connectivity index (χ0n) is 11.6. The fraction of sp³-hybridized carbons (Fsp3) is 0.929. The van der Waals surface area contributed by atoms with Gasteiger partial charge >= 0.3 is 0 Å². The first kappa shape index (κ1) is 13.8. The second kappa shape index (κ2) is 5.17. The summed E-state index contributed by atoms with van der Waals surface area (Å²) in [4.78, 5) is 14.1. The van der Waals surface area contributed by atoms with E-state index in [1.54, 1.807) is 0 Å². The molecule has 3 atom stereocenters. The summed E-state index contributed by atoms with van der Waals surface area (Å²) in [5.74, 6) is 0.477. The second-order valence-electron chi connectivity index (χ2n) is 6.35. The average Bonchev–Trinajstić information content (AvgIpc) is 2.35. The average molecular weight is 254 g/mol. The summed E-state index contributed by atoms with van der Waals surface area (Å²) in [6, 6.07) is -0.403. The molecule has 4 nitrogen and oxygen atoms in total. The van der Waals surface area contributed by atoms with Crippen molar-refractivity contribution in [2.75, 3.05) is 13.1 Å². The predicted molar refractivity (Wildman–Crippen MR) is 70.9 cm³/mol. The van der Waals surface area contributed by atoms with Crippen LogP contribution in [0.15, 0.2) is 0 Å². The Balaban J connectivity index is 2.00. The zero-order chi connectivity index (χ0) is 13.3. The highest BCUT2D eigenvalue weighted by molar-refractivity contribution is 5.82. The third kappa shape index (κ3) is 2.54. The van der Waals surface area contributed by atoms with Gasteiger partial charge in [-0.15, -0.1) is 0 Å². The lowest BCUT2D eigenvalue weighted by molar-refractivity contribution is -0.145. The number of hydrogen-bond acceptors (Lipinski definition) is 3. The maximum absolute atomic E-state index is 12.2. The summed E-state index contributed by atoms with van der Waals surface area (Å²) in [5, 5.41) is 10.6. The number of rotatable bonds is 2. The van der Waals surface area contributed by atoms with Gasteiger partial charge in [0.05, 0.1) is 11.6 Å². The molecule has 104 valence electrons. The van der Waals surface area contributed by atoms with E-state index in [1.807, 2.05) is 18.7 Å². The molecular weight excluding hydrogens is 228 g/mol. The first-order valence-corrected chi connectivity index (χ1v) is 7.21. The Hall–Kier alpha value is -0.610. The van der Waals surface area contributed by atoms with E-state index in [2.05, 4.69) is 0 Å². The van der Waals surface area contributed by atoms with Gasteiger partial charge in [0.2, 0.25) is 5.91 Å². The maximum atomic E-state index is 12.2. The number of piperidine rings is 1. The van der Waals surface area contributed by atoms with Gasteiger partial charge in [0.1, 0.15) is 0 Å². The monoisotopic (exact) mass is 254 g/mol. The molecule has 3 N–H and O–H groups in total. The number of likely N-dealkylation sites (tertiary alicyclic amines) is 1. The van der Waals surface area contributed by atoms with E-state index in [-0.39, 0.29) is 17.7 Å². The van der Waals surface area contributed by atoms with Crippen molar-refractivity contribution in [3.8, 4) is 0 Å². The fourth-order valence-electron chi connectivity index (χ4n) is 3.27. The quantitative estimate of drug-likeness (QED) is 0.776. The van der Waals surface area contributed by atoms with Gasteiger partial charge in [0.25, 0.3) is 0 Å². The van der Waals surface area contributed by atoms with E-state index in [4.69, 9.17) is 5.73 Å². The van der Waals surface area contributed by atoms with Gasteiger partial charge in [-0.3, -0.25) is 4.79 Å². The SMILES string of the molecule is CC(C)C(N)C(=O)N1CCC2(O)CCCCC2C1. The molecule has 1 heterocycles. The van der Waals surface area contributed by atoms with Crippen molar-refractivity contribution in [2.24, 2.45) is 17.6 Å². The number of carbonyl (C=O) groups excluding carboxylic acids is 1. The summed E-state index contributed by atoms with van der Waals surface area (Å²) in [6.07, 6.45) is 4.94. The number of hydrogen-bond donors (Lipinski definition) is 2. The van der Waals surface area contributed by atoms with Crippen LogP contribution in [0.25, 0.3) is 0 Å². The molecule has 4 heteroatoms. The molecule has 1 saturated heterocycles. The largest absolute Gasteiger partial charge is 0.389 e. The Morgan fingerprint density at radius 2 is 2.11 bits per heavy atom. The van der Waals surface area contributed by atoms with Crippen LogP contribution < -0.4 is 5.73 Å². The van der Waals surface area contributed by atoms with Gasteiger partial charge in [-0.2, -0.15) is 0 Å². The summed E-state index contributed by atoms with van der Waals surface area (Å²) >= 11 is 0. The van der Waals surface area contributed by atoms with E-state index in [1.165, 1.54) is 6.42 Å². The lowest BCUT2D eigenvalue weighted by Gasteiger charge is -2.48. The predicted octanol–water partition coefficient (Wildman–Crippen LogP) is 1.12. The third-order valence-corrected chi connectivity index (χ3v) is 4.74. The molecule has 18 heavy (non-hydrogen) atoms. The number of carbonyl (C=O) groups is 1. The van der Waals surface area contributed by atoms with E-state index in [9.17, 15) is 9.90 Å². The number of fused-ring (bicyclic) bond motifs is 1. The highest BCUT2D eigenvalue weighted by Crippen LogP contribution is 2.39. The van der Waals surface area contributed by atoms with Crippen LogP contribution in [-0.4, -0.2) is 40.6 Å². The normalized spacial score (nSPS) is 34.3. The summed E-state index contributed by atoms with van der Waals surface area (Å²) < 4.78 is 0. The van der Waals surface area contributed by atoms with E-state index < -0.39 is 11.6 Å². The molecule has 0 aromatic heterocycles. The van der Waals surface area contributed by atoms with Gasteiger partial charge < -0.3 is 15.7 Å². The maximum Gasteiger partial charge on any atom is 0.239 e. The first-order valence-electron chi connectivity index (χ1n) is 7.21. The minimum absolute atomic E-state index is 0.0534. The van der Waals surface area contributed by atoms with Gasteiger partial charge in [0, 0.05) is 19.0 Å². The topological polar surface area (TPSA) is 66.6 Å². The third-order valence-electron chi connectivity index (χ3n) is 4.74. The van der Waals surface area contributed by atoms with Gasteiger partial charge in [-0.1, -0.05) is 26.7 Å². The van der Waals surface area contributed by atoms with E-state index in [0.717, 1.165) is 19.3 Å². The van der Waals surface area contributed by atoms with Crippen LogP contribution in [0.3, 0.4) is 0 Å². The molecule has 0 bridgehead atoms. The number of amides is 1. The van der Waals surface area contributed by atoms with Gasteiger partial charge in [0.15, 0.2) is 0 Å². The Morgan fingerprint density at radius 1 is 1.39 bits per heavy atom. The minimum atomic E-state index is -0.517. The Morgan fingerprint density at radius 3 is 2.78 bits per heavy atom. The molecule has 0 aromatic carbocycles. The van der Waals surface area contributed by atoms with Crippen LogP contribution in [0, 0.1) is 11.8 Å². The Kier molecular flexibility index (Phi) is 3.97. The Labute approximate surface area is 110 Å². The molecule has 1 aliphatic carbocycles. The molecule has 2 aliphatic rings. The van der Waals surface area contributed by atoms with Crippen LogP contribution in [-0.2, 0) is 4.79 Å². The van der Waals surface area contributed by atoms with Crippen LogP contribution in [0.2, 0.25) is 0 Å². The molecular formula is C14H26N2O2. The first-order chi connectivity index (χ1) is 8.44. The van der Waals surface area contributed by atoms with Crippen molar-refractivity contribution in [3.05, 3.63) is 0 Å². The Bertz CT molecular complexity index is 319. The molecule has 2 fully saturated rings. The number of nitrogens with two attached hydrogens (primary N) is 1.